The highest BCUT2D eigenvalue weighted by atomic mass is 16.5. The molecule has 5 nitrogen and oxygen atoms in total. The van der Waals surface area contributed by atoms with Crippen molar-refractivity contribution in [3.05, 3.63) is 94.4 Å². The first kappa shape index (κ1) is 30.8. The van der Waals surface area contributed by atoms with Crippen LogP contribution in [0.15, 0.2) is 77.7 Å². The zero-order chi connectivity index (χ0) is 30.9. The zero-order valence-electron chi connectivity index (χ0n) is 26.8. The summed E-state index contributed by atoms with van der Waals surface area (Å²) in [4.78, 5) is 30.9. The third-order valence-electron chi connectivity index (χ3n) is 8.93. The van der Waals surface area contributed by atoms with E-state index in [1.54, 1.807) is 0 Å². The van der Waals surface area contributed by atoms with E-state index in [-0.39, 0.29) is 22.4 Å². The number of carbonyl (C=O) groups excluding carboxylic acids is 2. The fourth-order valence-corrected chi connectivity index (χ4v) is 7.26. The highest BCUT2D eigenvalue weighted by Gasteiger charge is 2.49. The smallest absolute Gasteiger partial charge is 0.164 e. The fourth-order valence-electron chi connectivity index (χ4n) is 7.26. The van der Waals surface area contributed by atoms with Crippen molar-refractivity contribution in [2.24, 2.45) is 10.8 Å². The number of carbonyl (C=O) groups is 2. The lowest BCUT2D eigenvalue weighted by atomic mass is 9.63. The van der Waals surface area contributed by atoms with Crippen molar-refractivity contribution < 1.29 is 19.1 Å². The van der Waals surface area contributed by atoms with E-state index < -0.39 is 5.92 Å². The van der Waals surface area contributed by atoms with E-state index in [4.69, 9.17) is 9.47 Å². The first-order valence-electron chi connectivity index (χ1n) is 15.9. The van der Waals surface area contributed by atoms with E-state index in [9.17, 15) is 9.59 Å². The number of rotatable bonds is 10. The van der Waals surface area contributed by atoms with E-state index in [1.165, 1.54) is 5.56 Å². The van der Waals surface area contributed by atoms with Crippen molar-refractivity contribution in [3.8, 4) is 11.5 Å². The SMILES string of the molecule is C=CCc1cc(C2C3=C(CC(C)(C)CC3=O)N(CCc3ccccc3)C3=C2C(=O)CC(C)(C)C3)cc(OCC)c1OCC. The predicted molar refractivity (Wildman–Crippen MR) is 172 cm³/mol. The summed E-state index contributed by atoms with van der Waals surface area (Å²) >= 11 is 0. The fraction of sp³-hybridized carbons (Fsp3) is 0.474. The number of Topliss-reactive ketones (excluding diaryl/α,β-unsaturated/α-hetero) is 2. The van der Waals surface area contributed by atoms with Crippen molar-refractivity contribution in [1.29, 1.82) is 0 Å². The Bertz CT molecular complexity index is 1420. The molecule has 5 heteroatoms. The molecule has 0 N–H and O–H groups in total. The van der Waals surface area contributed by atoms with Crippen LogP contribution in [0.4, 0.5) is 0 Å². The summed E-state index contributed by atoms with van der Waals surface area (Å²) < 4.78 is 12.2. The summed E-state index contributed by atoms with van der Waals surface area (Å²) in [6, 6.07) is 14.6. The first-order valence-corrected chi connectivity index (χ1v) is 15.9. The molecule has 0 saturated carbocycles. The Morgan fingerprint density at radius 2 is 1.44 bits per heavy atom. The van der Waals surface area contributed by atoms with Crippen LogP contribution in [0.1, 0.15) is 89.8 Å². The monoisotopic (exact) mass is 581 g/mol. The molecule has 5 rings (SSSR count). The molecule has 0 unspecified atom stereocenters. The molecule has 2 aromatic rings. The van der Waals surface area contributed by atoms with Crippen LogP contribution in [0.25, 0.3) is 0 Å². The number of hydrogen-bond acceptors (Lipinski definition) is 5. The van der Waals surface area contributed by atoms with Gasteiger partial charge in [-0.2, -0.15) is 0 Å². The number of benzene rings is 2. The molecule has 0 radical (unpaired) electrons. The van der Waals surface area contributed by atoms with Gasteiger partial charge >= 0.3 is 0 Å². The van der Waals surface area contributed by atoms with Crippen LogP contribution in [-0.2, 0) is 22.4 Å². The molecule has 1 aliphatic heterocycles. The van der Waals surface area contributed by atoms with Gasteiger partial charge in [-0.1, -0.05) is 70.2 Å². The maximum Gasteiger partial charge on any atom is 0.164 e. The molecule has 1 heterocycles. The molecule has 43 heavy (non-hydrogen) atoms. The van der Waals surface area contributed by atoms with E-state index >= 15 is 0 Å². The van der Waals surface area contributed by atoms with E-state index in [2.05, 4.69) is 69.5 Å². The van der Waals surface area contributed by atoms with Crippen LogP contribution >= 0.6 is 0 Å². The second-order valence-electron chi connectivity index (χ2n) is 13.8. The summed E-state index contributed by atoms with van der Waals surface area (Å²) in [6.45, 7) is 18.4. The topological polar surface area (TPSA) is 55.8 Å². The van der Waals surface area contributed by atoms with Gasteiger partial charge in [0.05, 0.1) is 13.2 Å². The van der Waals surface area contributed by atoms with Gasteiger partial charge in [-0.25, -0.2) is 0 Å². The molecule has 0 fully saturated rings. The Morgan fingerprint density at radius 3 is 1.98 bits per heavy atom. The highest BCUT2D eigenvalue weighted by molar-refractivity contribution is 6.06. The largest absolute Gasteiger partial charge is 0.490 e. The van der Waals surface area contributed by atoms with Crippen molar-refractivity contribution in [3.63, 3.8) is 0 Å². The minimum Gasteiger partial charge on any atom is -0.490 e. The molecule has 0 spiro atoms. The van der Waals surface area contributed by atoms with Gasteiger partial charge in [-0.05, 0) is 67.6 Å². The predicted octanol–water partition coefficient (Wildman–Crippen LogP) is 8.14. The van der Waals surface area contributed by atoms with Crippen molar-refractivity contribution in [2.45, 2.75) is 86.0 Å². The Balaban J connectivity index is 1.75. The second-order valence-corrected chi connectivity index (χ2v) is 13.8. The third kappa shape index (κ3) is 6.23. The van der Waals surface area contributed by atoms with Crippen LogP contribution < -0.4 is 9.47 Å². The second kappa shape index (κ2) is 12.2. The summed E-state index contributed by atoms with van der Waals surface area (Å²) in [5.41, 5.74) is 6.55. The van der Waals surface area contributed by atoms with Gasteiger partial charge in [0.2, 0.25) is 0 Å². The van der Waals surface area contributed by atoms with Crippen molar-refractivity contribution >= 4 is 11.6 Å². The van der Waals surface area contributed by atoms with Gasteiger partial charge < -0.3 is 14.4 Å². The molecule has 0 atom stereocenters. The Morgan fingerprint density at radius 1 is 0.860 bits per heavy atom. The van der Waals surface area contributed by atoms with Crippen LogP contribution in [0.5, 0.6) is 11.5 Å². The number of ketones is 2. The molecule has 0 aromatic heterocycles. The molecular weight excluding hydrogens is 534 g/mol. The average Bonchev–Trinajstić information content (AvgIpc) is 2.92. The zero-order valence-corrected chi connectivity index (χ0v) is 26.8. The lowest BCUT2D eigenvalue weighted by Crippen LogP contribution is -2.45. The van der Waals surface area contributed by atoms with Crippen LogP contribution in [0.3, 0.4) is 0 Å². The van der Waals surface area contributed by atoms with E-state index in [0.29, 0.717) is 44.0 Å². The maximum absolute atomic E-state index is 14.3. The Kier molecular flexibility index (Phi) is 8.74. The lowest BCUT2D eigenvalue weighted by molar-refractivity contribution is -0.119. The maximum atomic E-state index is 14.3. The summed E-state index contributed by atoms with van der Waals surface area (Å²) in [5, 5.41) is 0. The summed E-state index contributed by atoms with van der Waals surface area (Å²) in [7, 11) is 0. The number of ether oxygens (including phenoxy) is 2. The van der Waals surface area contributed by atoms with Crippen LogP contribution in [0, 0.1) is 10.8 Å². The number of hydrogen-bond donors (Lipinski definition) is 0. The van der Waals surface area contributed by atoms with Crippen molar-refractivity contribution in [2.75, 3.05) is 19.8 Å². The van der Waals surface area contributed by atoms with Gasteiger partial charge in [-0.3, -0.25) is 9.59 Å². The number of nitrogens with zero attached hydrogens (tertiary/aromatic N) is 1. The highest BCUT2D eigenvalue weighted by Crippen LogP contribution is 2.55. The van der Waals surface area contributed by atoms with E-state index in [1.807, 2.05) is 32.1 Å². The number of allylic oxidation sites excluding steroid dienone is 5. The average molecular weight is 582 g/mol. The first-order chi connectivity index (χ1) is 20.5. The van der Waals surface area contributed by atoms with Gasteiger partial charge in [0, 0.05) is 53.4 Å². The molecular formula is C38H47NO4. The van der Waals surface area contributed by atoms with Gasteiger partial charge in [-0.15, -0.1) is 6.58 Å². The quantitative estimate of drug-likeness (QED) is 0.265. The normalized spacial score (nSPS) is 19.7. The van der Waals surface area contributed by atoms with Crippen molar-refractivity contribution in [1.82, 2.24) is 4.90 Å². The van der Waals surface area contributed by atoms with Gasteiger partial charge in [0.15, 0.2) is 23.1 Å². The lowest BCUT2D eigenvalue weighted by Gasteiger charge is -2.49. The van der Waals surface area contributed by atoms with Gasteiger partial charge in [0.25, 0.3) is 0 Å². The summed E-state index contributed by atoms with van der Waals surface area (Å²) in [6.07, 6.45) is 5.81. The molecule has 0 bridgehead atoms. The third-order valence-corrected chi connectivity index (χ3v) is 8.93. The standard InChI is InChI=1S/C38H47NO4/c1-8-14-26-19-27(20-32(42-9-2)36(26)43-10-3)33-34-28(21-37(4,5)23-30(34)40)39(18-17-25-15-12-11-13-16-25)29-22-38(6,7)24-31(41)35(29)33/h8,11-13,15-16,19-20,33H,1,9-10,14,17-18,21-24H2,2-7H3. The van der Waals surface area contributed by atoms with Gasteiger partial charge in [0.1, 0.15) is 0 Å². The van der Waals surface area contributed by atoms with Crippen LogP contribution in [-0.4, -0.2) is 36.2 Å². The van der Waals surface area contributed by atoms with Crippen LogP contribution in [0.2, 0.25) is 0 Å². The minimum absolute atomic E-state index is 0.141. The summed E-state index contributed by atoms with van der Waals surface area (Å²) in [5.74, 6) is 1.22. The molecule has 0 amide bonds. The van der Waals surface area contributed by atoms with E-state index in [0.717, 1.165) is 59.5 Å². The molecule has 2 aromatic carbocycles. The molecule has 228 valence electrons. The Labute approximate surface area is 257 Å². The molecule has 0 saturated heterocycles. The molecule has 3 aliphatic rings. The Hall–Kier alpha value is -3.60. The molecule has 2 aliphatic carbocycles. The minimum atomic E-state index is -0.427.